The van der Waals surface area contributed by atoms with Gasteiger partial charge in [0.15, 0.2) is 23.5 Å². The molecule has 11 nitrogen and oxygen atoms in total. The van der Waals surface area contributed by atoms with Gasteiger partial charge in [0.05, 0.1) is 5.69 Å². The molecule has 5 heterocycles. The number of nitrogens with zero attached hydrogens (tertiary/aromatic N) is 2. The van der Waals surface area contributed by atoms with Gasteiger partial charge in [-0.25, -0.2) is 9.97 Å². The number of para-hydroxylation sites is 1. The summed E-state index contributed by atoms with van der Waals surface area (Å²) in [6.45, 7) is 8.04. The Hall–Kier alpha value is -4.48. The second-order valence-electron chi connectivity index (χ2n) is 13.2. The third kappa shape index (κ3) is 4.72. The van der Waals surface area contributed by atoms with Crippen molar-refractivity contribution in [3.63, 3.8) is 0 Å². The first-order chi connectivity index (χ1) is 22.1. The average molecular weight is 626 g/mol. The number of amides is 1. The molecule has 4 aromatic rings. The van der Waals surface area contributed by atoms with E-state index in [2.05, 4.69) is 22.0 Å². The van der Waals surface area contributed by atoms with Crippen LogP contribution in [0.3, 0.4) is 0 Å². The van der Waals surface area contributed by atoms with Crippen LogP contribution < -0.4 is 20.7 Å². The lowest BCUT2D eigenvalue weighted by Gasteiger charge is -2.28. The Labute approximate surface area is 267 Å². The molecule has 0 fully saturated rings. The van der Waals surface area contributed by atoms with Crippen molar-refractivity contribution in [3.8, 4) is 17.3 Å². The first-order valence-electron chi connectivity index (χ1n) is 15.9. The standard InChI is InChI=1S/C35H39N5O6/c1-17(2)27-33-40-28(32-37-21(15-36-5)16-44-32)30(46-33)35-22-8-6-7-9-24(22)38-34(35)45-26-11-10-19(13-23(26)35)12-20(31(43)39-27)14-25(41)29(42)18(3)4/h6-11,13,16-18,20,27,29,34,36,38,42H,12,14-15H2,1-5H3,(H,39,43)/t20?,27-,29-,34-,35?/m0/s1. The molecular formula is C35H39N5O6. The maximum atomic E-state index is 14.0. The molecule has 0 saturated heterocycles. The van der Waals surface area contributed by atoms with E-state index in [0.29, 0.717) is 47.6 Å². The maximum absolute atomic E-state index is 14.0. The summed E-state index contributed by atoms with van der Waals surface area (Å²) in [7, 11) is 1.84. The zero-order valence-corrected chi connectivity index (χ0v) is 26.6. The van der Waals surface area contributed by atoms with Gasteiger partial charge in [-0.1, -0.05) is 58.0 Å². The summed E-state index contributed by atoms with van der Waals surface area (Å²) in [6.07, 6.45) is 0.0751. The van der Waals surface area contributed by atoms with Crippen molar-refractivity contribution >= 4 is 17.4 Å². The van der Waals surface area contributed by atoms with Crippen LogP contribution in [0.25, 0.3) is 11.6 Å². The molecule has 1 spiro atoms. The Bertz CT molecular complexity index is 1810. The Morgan fingerprint density at radius 2 is 1.91 bits per heavy atom. The number of benzene rings is 2. The number of hydrogen-bond acceptors (Lipinski definition) is 10. The lowest BCUT2D eigenvalue weighted by Crippen LogP contribution is -2.41. The van der Waals surface area contributed by atoms with Gasteiger partial charge in [-0.3, -0.25) is 9.59 Å². The molecule has 240 valence electrons. The number of carbonyl (C=O) groups is 2. The fourth-order valence-electron chi connectivity index (χ4n) is 6.98. The highest BCUT2D eigenvalue weighted by molar-refractivity contribution is 5.89. The number of ketones is 1. The molecule has 2 aromatic heterocycles. The topological polar surface area (TPSA) is 152 Å². The van der Waals surface area contributed by atoms with Crippen LogP contribution in [-0.2, 0) is 28.0 Å². The molecule has 46 heavy (non-hydrogen) atoms. The molecule has 0 radical (unpaired) electrons. The third-order valence-corrected chi connectivity index (χ3v) is 9.35. The monoisotopic (exact) mass is 625 g/mol. The number of fused-ring (bicyclic) bond motifs is 4. The van der Waals surface area contributed by atoms with Gasteiger partial charge in [0, 0.05) is 30.1 Å². The molecule has 0 aliphatic carbocycles. The molecule has 2 aromatic carbocycles. The molecule has 0 saturated carbocycles. The van der Waals surface area contributed by atoms with Crippen LogP contribution in [0, 0.1) is 17.8 Å². The van der Waals surface area contributed by atoms with E-state index >= 15 is 0 Å². The van der Waals surface area contributed by atoms with Crippen LogP contribution >= 0.6 is 0 Å². The van der Waals surface area contributed by atoms with Gasteiger partial charge in [0.2, 0.25) is 17.7 Å². The van der Waals surface area contributed by atoms with E-state index in [1.54, 1.807) is 20.1 Å². The van der Waals surface area contributed by atoms with E-state index in [1.165, 1.54) is 0 Å². The summed E-state index contributed by atoms with van der Waals surface area (Å²) in [5.74, 6) is -0.00405. The highest BCUT2D eigenvalue weighted by Gasteiger charge is 2.61. The highest BCUT2D eigenvalue weighted by Crippen LogP contribution is 2.59. The van der Waals surface area contributed by atoms with Gasteiger partial charge in [0.25, 0.3) is 0 Å². The van der Waals surface area contributed by atoms with Crippen LogP contribution in [0.5, 0.6) is 5.75 Å². The molecule has 3 aliphatic rings. The van der Waals surface area contributed by atoms with Gasteiger partial charge < -0.3 is 34.6 Å². The SMILES string of the molecule is CNCc1coc(-c2nc3oc2C24c5ccccc5N[C@H]2Oc2ccc(cc24)CC(CC(=O)[C@@H](O)C(C)C)C(=O)N[C@H]3C(C)C)n1. The number of Topliss-reactive ketones (excluding diaryl/α,β-unsaturated/α-hetero) is 1. The number of aliphatic hydroxyl groups excluding tert-OH is 1. The van der Waals surface area contributed by atoms with Crippen LogP contribution in [0.15, 0.2) is 57.6 Å². The Balaban J connectivity index is 1.47. The lowest BCUT2D eigenvalue weighted by atomic mass is 9.72. The molecule has 5 atom stereocenters. The van der Waals surface area contributed by atoms with Crippen molar-refractivity contribution < 1.29 is 28.3 Å². The summed E-state index contributed by atoms with van der Waals surface area (Å²) in [6, 6.07) is 13.3. The van der Waals surface area contributed by atoms with Gasteiger partial charge in [0.1, 0.15) is 29.6 Å². The van der Waals surface area contributed by atoms with E-state index in [-0.39, 0.29) is 29.9 Å². The number of aromatic nitrogens is 2. The second kappa shape index (κ2) is 11.4. The minimum atomic E-state index is -1.15. The Morgan fingerprint density at radius 3 is 2.67 bits per heavy atom. The summed E-state index contributed by atoms with van der Waals surface area (Å²) < 4.78 is 19.5. The van der Waals surface area contributed by atoms with Gasteiger partial charge in [-0.15, -0.1) is 0 Å². The van der Waals surface area contributed by atoms with E-state index in [9.17, 15) is 14.7 Å². The fraction of sp³-hybridized carbons (Fsp3) is 0.429. The maximum Gasteiger partial charge on any atom is 0.249 e. The molecule has 4 bridgehead atoms. The van der Waals surface area contributed by atoms with Crippen molar-refractivity contribution in [1.82, 2.24) is 20.6 Å². The number of oxazole rings is 2. The van der Waals surface area contributed by atoms with E-state index in [1.807, 2.05) is 57.3 Å². The van der Waals surface area contributed by atoms with Crippen molar-refractivity contribution in [1.29, 1.82) is 0 Å². The van der Waals surface area contributed by atoms with Gasteiger partial charge in [-0.05, 0) is 48.6 Å². The number of aliphatic hydroxyl groups is 1. The van der Waals surface area contributed by atoms with Crippen molar-refractivity contribution in [2.75, 3.05) is 12.4 Å². The second-order valence-corrected chi connectivity index (χ2v) is 13.2. The molecule has 3 aliphatic heterocycles. The molecule has 11 heteroatoms. The van der Waals surface area contributed by atoms with Crippen LogP contribution in [0.1, 0.15) is 74.2 Å². The molecular weight excluding hydrogens is 586 g/mol. The van der Waals surface area contributed by atoms with E-state index in [4.69, 9.17) is 23.5 Å². The van der Waals surface area contributed by atoms with Gasteiger partial charge >= 0.3 is 0 Å². The van der Waals surface area contributed by atoms with Crippen LogP contribution in [0.2, 0.25) is 0 Å². The fourth-order valence-corrected chi connectivity index (χ4v) is 6.98. The first-order valence-corrected chi connectivity index (χ1v) is 15.9. The van der Waals surface area contributed by atoms with Crippen molar-refractivity contribution in [2.24, 2.45) is 17.8 Å². The number of ether oxygens (including phenoxy) is 1. The third-order valence-electron chi connectivity index (χ3n) is 9.35. The summed E-state index contributed by atoms with van der Waals surface area (Å²) in [5.41, 5.74) is 3.73. The number of anilines is 1. The molecule has 1 amide bonds. The zero-order chi connectivity index (χ0) is 32.3. The predicted molar refractivity (Wildman–Crippen MR) is 169 cm³/mol. The molecule has 4 N–H and O–H groups in total. The van der Waals surface area contributed by atoms with E-state index < -0.39 is 29.7 Å². The normalized spacial score (nSPS) is 23.6. The Kier molecular flexibility index (Phi) is 7.48. The van der Waals surface area contributed by atoms with E-state index in [0.717, 1.165) is 22.4 Å². The lowest BCUT2D eigenvalue weighted by molar-refractivity contribution is -0.135. The number of nitrogens with one attached hydrogen (secondary N) is 3. The summed E-state index contributed by atoms with van der Waals surface area (Å²) in [5, 5.41) is 20.4. The number of rotatable bonds is 8. The minimum absolute atomic E-state index is 0.103. The molecule has 2 unspecified atom stereocenters. The zero-order valence-electron chi connectivity index (χ0n) is 26.6. The minimum Gasteiger partial charge on any atom is -0.469 e. The average Bonchev–Trinajstić information content (AvgIpc) is 3.79. The number of hydrogen-bond donors (Lipinski definition) is 4. The summed E-state index contributed by atoms with van der Waals surface area (Å²) in [4.78, 5) is 36.9. The smallest absolute Gasteiger partial charge is 0.249 e. The van der Waals surface area contributed by atoms with Crippen molar-refractivity contribution in [2.45, 2.75) is 70.9 Å². The number of carbonyl (C=O) groups excluding carboxylic acids is 2. The Morgan fingerprint density at radius 1 is 1.11 bits per heavy atom. The van der Waals surface area contributed by atoms with Crippen LogP contribution in [-0.4, -0.2) is 46.1 Å². The van der Waals surface area contributed by atoms with Crippen molar-refractivity contribution in [3.05, 3.63) is 82.8 Å². The highest BCUT2D eigenvalue weighted by atomic mass is 16.5. The quantitative estimate of drug-likeness (QED) is 0.220. The first kappa shape index (κ1) is 30.2. The van der Waals surface area contributed by atoms with Gasteiger partial charge in [-0.2, -0.15) is 0 Å². The summed E-state index contributed by atoms with van der Waals surface area (Å²) >= 11 is 0. The predicted octanol–water partition coefficient (Wildman–Crippen LogP) is 4.49. The molecule has 7 rings (SSSR count). The van der Waals surface area contributed by atoms with Crippen LogP contribution in [0.4, 0.5) is 5.69 Å². The largest absolute Gasteiger partial charge is 0.469 e.